The van der Waals surface area contributed by atoms with Crippen molar-refractivity contribution in [3.8, 4) is 0 Å². The van der Waals surface area contributed by atoms with E-state index in [-0.39, 0.29) is 24.1 Å². The summed E-state index contributed by atoms with van der Waals surface area (Å²) in [5.41, 5.74) is 3.53. The fourth-order valence-electron chi connectivity index (χ4n) is 3.69. The topological polar surface area (TPSA) is 78.5 Å². The number of nitrogens with one attached hydrogen (secondary N) is 2. The molecule has 2 heterocycles. The number of halogens is 1. The summed E-state index contributed by atoms with van der Waals surface area (Å²) in [5.74, 6) is -1.20. The molecule has 4 rings (SSSR count). The van der Waals surface area contributed by atoms with Gasteiger partial charge in [-0.25, -0.2) is 4.39 Å². The summed E-state index contributed by atoms with van der Waals surface area (Å²) in [6.45, 7) is 2.43. The number of rotatable bonds is 4. The highest BCUT2D eigenvalue weighted by Crippen LogP contribution is 2.32. The van der Waals surface area contributed by atoms with Crippen LogP contribution in [-0.2, 0) is 22.7 Å². The summed E-state index contributed by atoms with van der Waals surface area (Å²) in [5, 5.41) is 5.57. The first-order valence-electron chi connectivity index (χ1n) is 9.19. The maximum absolute atomic E-state index is 13.8. The van der Waals surface area contributed by atoms with Crippen molar-refractivity contribution in [2.24, 2.45) is 0 Å². The minimum atomic E-state index is -0.642. The first-order chi connectivity index (χ1) is 13.4. The van der Waals surface area contributed by atoms with Crippen molar-refractivity contribution in [3.05, 3.63) is 64.5 Å². The Bertz CT molecular complexity index is 989. The highest BCUT2D eigenvalue weighted by molar-refractivity contribution is 6.06. The monoisotopic (exact) mass is 381 g/mol. The van der Waals surface area contributed by atoms with Crippen molar-refractivity contribution in [1.29, 1.82) is 0 Å². The highest BCUT2D eigenvalue weighted by atomic mass is 19.1. The van der Waals surface area contributed by atoms with Crippen molar-refractivity contribution in [3.63, 3.8) is 0 Å². The molecule has 2 aliphatic rings. The molecule has 0 radical (unpaired) electrons. The number of benzene rings is 2. The van der Waals surface area contributed by atoms with Gasteiger partial charge in [-0.05, 0) is 42.7 Å². The molecule has 0 bridgehead atoms. The molecule has 2 aliphatic heterocycles. The second-order valence-corrected chi connectivity index (χ2v) is 7.17. The summed E-state index contributed by atoms with van der Waals surface area (Å²) in [6.07, 6.45) is 0.552. The van der Waals surface area contributed by atoms with Crippen LogP contribution in [-0.4, -0.2) is 28.7 Å². The van der Waals surface area contributed by atoms with Crippen molar-refractivity contribution < 1.29 is 18.8 Å². The predicted octanol–water partition coefficient (Wildman–Crippen LogP) is 2.51. The highest BCUT2D eigenvalue weighted by Gasteiger charge is 2.39. The van der Waals surface area contributed by atoms with E-state index in [1.807, 2.05) is 12.1 Å². The standard InChI is InChI=1S/C21H20FN3O3/c1-12-5-6-13(9-16(12)22)10-23-17-4-2-3-14-15(17)11-25(21(14)28)18-7-8-19(26)24-20(18)27/h2-6,9,18,23H,7-8,10-11H2,1H3,(H,24,26,27)/t18-/m1/s1. The molecule has 0 aliphatic carbocycles. The number of fused-ring (bicyclic) bond motifs is 1. The van der Waals surface area contributed by atoms with E-state index >= 15 is 0 Å². The van der Waals surface area contributed by atoms with Crippen LogP contribution in [0.2, 0.25) is 0 Å². The summed E-state index contributed by atoms with van der Waals surface area (Å²) < 4.78 is 13.8. The molecule has 0 unspecified atom stereocenters. The summed E-state index contributed by atoms with van der Waals surface area (Å²) >= 11 is 0. The second kappa shape index (κ2) is 7.07. The Hall–Kier alpha value is -3.22. The minimum absolute atomic E-state index is 0.213. The van der Waals surface area contributed by atoms with Crippen molar-refractivity contribution >= 4 is 23.4 Å². The molecule has 3 amide bonds. The van der Waals surface area contributed by atoms with Crippen LogP contribution in [0, 0.1) is 12.7 Å². The Morgan fingerprint density at radius 1 is 1.21 bits per heavy atom. The Kier molecular flexibility index (Phi) is 4.58. The van der Waals surface area contributed by atoms with Crippen molar-refractivity contribution in [2.45, 2.75) is 38.9 Å². The zero-order chi connectivity index (χ0) is 19.8. The fourth-order valence-corrected chi connectivity index (χ4v) is 3.69. The van der Waals surface area contributed by atoms with Crippen LogP contribution >= 0.6 is 0 Å². The van der Waals surface area contributed by atoms with Gasteiger partial charge in [-0.15, -0.1) is 0 Å². The first-order valence-corrected chi connectivity index (χ1v) is 9.19. The lowest BCUT2D eigenvalue weighted by Gasteiger charge is -2.29. The van der Waals surface area contributed by atoms with E-state index < -0.39 is 11.9 Å². The zero-order valence-corrected chi connectivity index (χ0v) is 15.4. The van der Waals surface area contributed by atoms with Crippen molar-refractivity contribution in [1.82, 2.24) is 10.2 Å². The SMILES string of the molecule is Cc1ccc(CNc2cccc3c2CN([C@@H]2CCC(=O)NC2=O)C3=O)cc1F. The molecule has 2 aromatic carbocycles. The van der Waals surface area contributed by atoms with Crippen LogP contribution in [0.5, 0.6) is 0 Å². The van der Waals surface area contributed by atoms with Gasteiger partial charge in [0, 0.05) is 36.3 Å². The van der Waals surface area contributed by atoms with Gasteiger partial charge < -0.3 is 10.2 Å². The number of hydrogen-bond acceptors (Lipinski definition) is 4. The number of anilines is 1. The summed E-state index contributed by atoms with van der Waals surface area (Å²) in [4.78, 5) is 37.9. The number of aryl methyl sites for hydroxylation is 1. The van der Waals surface area contributed by atoms with Crippen LogP contribution in [0.25, 0.3) is 0 Å². The molecule has 6 nitrogen and oxygen atoms in total. The largest absolute Gasteiger partial charge is 0.381 e. The van der Waals surface area contributed by atoms with Gasteiger partial charge in [0.05, 0.1) is 0 Å². The molecule has 1 saturated heterocycles. The average molecular weight is 381 g/mol. The molecule has 1 atom stereocenters. The van der Waals surface area contributed by atoms with Gasteiger partial charge in [0.1, 0.15) is 11.9 Å². The Balaban J connectivity index is 1.53. The number of imide groups is 1. The predicted molar refractivity (Wildman–Crippen MR) is 101 cm³/mol. The summed E-state index contributed by atoms with van der Waals surface area (Å²) in [7, 11) is 0. The van der Waals surface area contributed by atoms with Gasteiger partial charge in [-0.2, -0.15) is 0 Å². The third-order valence-corrected chi connectivity index (χ3v) is 5.30. The molecule has 0 aromatic heterocycles. The zero-order valence-electron chi connectivity index (χ0n) is 15.4. The van der Waals surface area contributed by atoms with Gasteiger partial charge in [0.25, 0.3) is 5.91 Å². The fraction of sp³-hybridized carbons (Fsp3) is 0.286. The van der Waals surface area contributed by atoms with E-state index in [0.717, 1.165) is 16.8 Å². The number of carbonyl (C=O) groups excluding carboxylic acids is 3. The van der Waals surface area contributed by atoms with E-state index in [1.165, 1.54) is 11.0 Å². The van der Waals surface area contributed by atoms with E-state index in [9.17, 15) is 18.8 Å². The van der Waals surface area contributed by atoms with E-state index in [4.69, 9.17) is 0 Å². The molecule has 2 N–H and O–H groups in total. The lowest BCUT2D eigenvalue weighted by molar-refractivity contribution is -0.136. The van der Waals surface area contributed by atoms with E-state index in [0.29, 0.717) is 30.6 Å². The minimum Gasteiger partial charge on any atom is -0.381 e. The molecule has 144 valence electrons. The number of piperidine rings is 1. The normalized spacial score (nSPS) is 18.9. The number of amides is 3. The third kappa shape index (κ3) is 3.24. The Labute approximate surface area is 161 Å². The van der Waals surface area contributed by atoms with E-state index in [1.54, 1.807) is 25.1 Å². The van der Waals surface area contributed by atoms with E-state index in [2.05, 4.69) is 10.6 Å². The average Bonchev–Trinajstić information content (AvgIpc) is 3.00. The van der Waals surface area contributed by atoms with Gasteiger partial charge in [-0.1, -0.05) is 18.2 Å². The molecule has 0 saturated carbocycles. The number of nitrogens with zero attached hydrogens (tertiary/aromatic N) is 1. The van der Waals surface area contributed by atoms with Crippen LogP contribution in [0.3, 0.4) is 0 Å². The van der Waals surface area contributed by atoms with Gasteiger partial charge in [-0.3, -0.25) is 19.7 Å². The van der Waals surface area contributed by atoms with Crippen LogP contribution in [0.1, 0.15) is 39.9 Å². The molecular weight excluding hydrogens is 361 g/mol. The lowest BCUT2D eigenvalue weighted by atomic mass is 10.0. The lowest BCUT2D eigenvalue weighted by Crippen LogP contribution is -2.52. The molecule has 2 aromatic rings. The van der Waals surface area contributed by atoms with Crippen LogP contribution < -0.4 is 10.6 Å². The number of hydrogen-bond donors (Lipinski definition) is 2. The van der Waals surface area contributed by atoms with Crippen LogP contribution in [0.15, 0.2) is 36.4 Å². The van der Waals surface area contributed by atoms with Gasteiger partial charge in [0.15, 0.2) is 0 Å². The number of carbonyl (C=O) groups is 3. The quantitative estimate of drug-likeness (QED) is 0.798. The van der Waals surface area contributed by atoms with Crippen molar-refractivity contribution in [2.75, 3.05) is 5.32 Å². The van der Waals surface area contributed by atoms with Gasteiger partial charge in [0.2, 0.25) is 11.8 Å². The first kappa shape index (κ1) is 18.2. The van der Waals surface area contributed by atoms with Gasteiger partial charge >= 0.3 is 0 Å². The molecular formula is C21H20FN3O3. The summed E-state index contributed by atoms with van der Waals surface area (Å²) in [6, 6.07) is 9.82. The molecule has 28 heavy (non-hydrogen) atoms. The third-order valence-electron chi connectivity index (χ3n) is 5.30. The smallest absolute Gasteiger partial charge is 0.255 e. The molecule has 1 fully saturated rings. The maximum atomic E-state index is 13.8. The molecule has 0 spiro atoms. The maximum Gasteiger partial charge on any atom is 0.255 e. The Morgan fingerprint density at radius 3 is 2.79 bits per heavy atom. The molecule has 7 heteroatoms. The van der Waals surface area contributed by atoms with Crippen LogP contribution in [0.4, 0.5) is 10.1 Å². The second-order valence-electron chi connectivity index (χ2n) is 7.17. The Morgan fingerprint density at radius 2 is 2.04 bits per heavy atom.